The quantitative estimate of drug-likeness (QED) is 0.859. The molecule has 0 spiro atoms. The zero-order valence-electron chi connectivity index (χ0n) is 11.2. The Hall–Kier alpha value is -2.14. The van der Waals surface area contributed by atoms with Gasteiger partial charge in [0, 0.05) is 25.5 Å². The summed E-state index contributed by atoms with van der Waals surface area (Å²) in [5.41, 5.74) is 2.46. The third-order valence-corrected chi connectivity index (χ3v) is 2.80. The minimum atomic E-state index is -0.142. The van der Waals surface area contributed by atoms with E-state index in [0.717, 1.165) is 24.3 Å². The second-order valence-corrected chi connectivity index (χ2v) is 4.29. The Labute approximate surface area is 112 Å². The van der Waals surface area contributed by atoms with E-state index < -0.39 is 0 Å². The van der Waals surface area contributed by atoms with Crippen molar-refractivity contribution in [1.29, 1.82) is 0 Å². The summed E-state index contributed by atoms with van der Waals surface area (Å²) < 4.78 is 1.61. The van der Waals surface area contributed by atoms with Crippen LogP contribution in [0.1, 0.15) is 22.8 Å². The fraction of sp³-hybridized carbons (Fsp3) is 0.286. The molecule has 5 heteroatoms. The molecule has 0 aliphatic rings. The normalized spacial score (nSPS) is 10.4. The SMILES string of the molecule is CCNCc1ccccc1NC(=O)c1cnn(C)c1. The molecule has 1 amide bonds. The highest BCUT2D eigenvalue weighted by Crippen LogP contribution is 2.15. The van der Waals surface area contributed by atoms with E-state index in [0.29, 0.717) is 5.56 Å². The van der Waals surface area contributed by atoms with Gasteiger partial charge in [0.05, 0.1) is 11.8 Å². The van der Waals surface area contributed by atoms with Crippen molar-refractivity contribution < 1.29 is 4.79 Å². The molecule has 1 aromatic carbocycles. The van der Waals surface area contributed by atoms with Gasteiger partial charge in [-0.2, -0.15) is 5.10 Å². The first-order valence-electron chi connectivity index (χ1n) is 6.29. The van der Waals surface area contributed by atoms with Crippen molar-refractivity contribution in [2.45, 2.75) is 13.5 Å². The number of hydrogen-bond donors (Lipinski definition) is 2. The van der Waals surface area contributed by atoms with Gasteiger partial charge in [-0.15, -0.1) is 0 Å². The third-order valence-electron chi connectivity index (χ3n) is 2.80. The molecular weight excluding hydrogens is 240 g/mol. The maximum Gasteiger partial charge on any atom is 0.258 e. The van der Waals surface area contributed by atoms with Crippen LogP contribution in [0.2, 0.25) is 0 Å². The van der Waals surface area contributed by atoms with Gasteiger partial charge in [-0.05, 0) is 18.2 Å². The molecule has 0 aliphatic heterocycles. The molecular formula is C14H18N4O. The van der Waals surface area contributed by atoms with E-state index in [1.807, 2.05) is 24.3 Å². The number of para-hydroxylation sites is 1. The highest BCUT2D eigenvalue weighted by atomic mass is 16.1. The Morgan fingerprint density at radius 2 is 2.16 bits per heavy atom. The van der Waals surface area contributed by atoms with Crippen LogP contribution in [0.25, 0.3) is 0 Å². The van der Waals surface area contributed by atoms with Gasteiger partial charge in [0.1, 0.15) is 0 Å². The summed E-state index contributed by atoms with van der Waals surface area (Å²) in [6.07, 6.45) is 3.25. The Bertz CT molecular complexity index is 562. The van der Waals surface area contributed by atoms with E-state index >= 15 is 0 Å². The topological polar surface area (TPSA) is 58.9 Å². The van der Waals surface area contributed by atoms with Gasteiger partial charge in [0.2, 0.25) is 0 Å². The first kappa shape index (κ1) is 13.3. The molecule has 0 atom stereocenters. The predicted octanol–water partition coefficient (Wildman–Crippen LogP) is 1.78. The van der Waals surface area contributed by atoms with Gasteiger partial charge >= 0.3 is 0 Å². The summed E-state index contributed by atoms with van der Waals surface area (Å²) >= 11 is 0. The summed E-state index contributed by atoms with van der Waals surface area (Å²) in [6, 6.07) is 7.78. The van der Waals surface area contributed by atoms with Crippen LogP contribution in [0.5, 0.6) is 0 Å². The Morgan fingerprint density at radius 3 is 2.84 bits per heavy atom. The average molecular weight is 258 g/mol. The zero-order chi connectivity index (χ0) is 13.7. The number of benzene rings is 1. The van der Waals surface area contributed by atoms with Crippen LogP contribution in [0.3, 0.4) is 0 Å². The molecule has 5 nitrogen and oxygen atoms in total. The van der Waals surface area contributed by atoms with Gasteiger partial charge < -0.3 is 10.6 Å². The largest absolute Gasteiger partial charge is 0.322 e. The highest BCUT2D eigenvalue weighted by molar-refractivity contribution is 6.04. The van der Waals surface area contributed by atoms with Gasteiger partial charge in [0.15, 0.2) is 0 Å². The monoisotopic (exact) mass is 258 g/mol. The number of amides is 1. The van der Waals surface area contributed by atoms with Gasteiger partial charge in [-0.1, -0.05) is 25.1 Å². The van der Waals surface area contributed by atoms with Crippen LogP contribution in [0, 0.1) is 0 Å². The van der Waals surface area contributed by atoms with E-state index in [1.54, 1.807) is 24.1 Å². The van der Waals surface area contributed by atoms with E-state index in [1.165, 1.54) is 0 Å². The maximum absolute atomic E-state index is 12.1. The standard InChI is InChI=1S/C14H18N4O/c1-3-15-8-11-6-4-5-7-13(11)17-14(19)12-9-16-18(2)10-12/h4-7,9-10,15H,3,8H2,1-2H3,(H,17,19). The van der Waals surface area contributed by atoms with Crippen LogP contribution >= 0.6 is 0 Å². The minimum absolute atomic E-state index is 0.142. The van der Waals surface area contributed by atoms with Crippen molar-refractivity contribution in [2.75, 3.05) is 11.9 Å². The molecule has 2 rings (SSSR count). The number of hydrogen-bond acceptors (Lipinski definition) is 3. The summed E-state index contributed by atoms with van der Waals surface area (Å²) in [7, 11) is 1.79. The van der Waals surface area contributed by atoms with Gasteiger partial charge in [-0.25, -0.2) is 0 Å². The number of aryl methyl sites for hydroxylation is 1. The third kappa shape index (κ3) is 3.42. The number of carbonyl (C=O) groups excluding carboxylic acids is 1. The predicted molar refractivity (Wildman–Crippen MR) is 75.0 cm³/mol. The molecule has 19 heavy (non-hydrogen) atoms. The lowest BCUT2D eigenvalue weighted by atomic mass is 10.1. The van der Waals surface area contributed by atoms with Crippen molar-refractivity contribution in [3.63, 3.8) is 0 Å². The lowest BCUT2D eigenvalue weighted by Gasteiger charge is -2.10. The molecule has 0 unspecified atom stereocenters. The smallest absolute Gasteiger partial charge is 0.258 e. The van der Waals surface area contributed by atoms with Gasteiger partial charge in [0.25, 0.3) is 5.91 Å². The van der Waals surface area contributed by atoms with Crippen molar-refractivity contribution >= 4 is 11.6 Å². The fourth-order valence-electron chi connectivity index (χ4n) is 1.79. The molecule has 0 saturated heterocycles. The molecule has 0 saturated carbocycles. The molecule has 0 bridgehead atoms. The van der Waals surface area contributed by atoms with E-state index in [-0.39, 0.29) is 5.91 Å². The van der Waals surface area contributed by atoms with E-state index in [2.05, 4.69) is 22.7 Å². The highest BCUT2D eigenvalue weighted by Gasteiger charge is 2.10. The minimum Gasteiger partial charge on any atom is -0.322 e. The molecule has 2 N–H and O–H groups in total. The summed E-state index contributed by atoms with van der Waals surface area (Å²) in [4.78, 5) is 12.1. The zero-order valence-corrected chi connectivity index (χ0v) is 11.2. The Morgan fingerprint density at radius 1 is 1.37 bits per heavy atom. The summed E-state index contributed by atoms with van der Waals surface area (Å²) in [5, 5.41) is 10.2. The number of nitrogens with one attached hydrogen (secondary N) is 2. The molecule has 1 aromatic heterocycles. The fourth-order valence-corrected chi connectivity index (χ4v) is 1.79. The summed E-state index contributed by atoms with van der Waals surface area (Å²) in [5.74, 6) is -0.142. The molecule has 0 aliphatic carbocycles. The van der Waals surface area contributed by atoms with Crippen LogP contribution in [0.15, 0.2) is 36.7 Å². The first-order valence-corrected chi connectivity index (χ1v) is 6.29. The molecule has 0 radical (unpaired) electrons. The van der Waals surface area contributed by atoms with Crippen LogP contribution in [-0.4, -0.2) is 22.2 Å². The lowest BCUT2D eigenvalue weighted by molar-refractivity contribution is 0.102. The van der Waals surface area contributed by atoms with Crippen LogP contribution < -0.4 is 10.6 Å². The number of anilines is 1. The first-order chi connectivity index (χ1) is 9.20. The Kier molecular flexibility index (Phi) is 4.30. The number of carbonyl (C=O) groups is 1. The van der Waals surface area contributed by atoms with Crippen molar-refractivity contribution in [3.05, 3.63) is 47.8 Å². The van der Waals surface area contributed by atoms with Crippen molar-refractivity contribution in [3.8, 4) is 0 Å². The number of rotatable bonds is 5. The van der Waals surface area contributed by atoms with Crippen molar-refractivity contribution in [1.82, 2.24) is 15.1 Å². The molecule has 100 valence electrons. The van der Waals surface area contributed by atoms with Crippen molar-refractivity contribution in [2.24, 2.45) is 7.05 Å². The number of aromatic nitrogens is 2. The summed E-state index contributed by atoms with van der Waals surface area (Å²) in [6.45, 7) is 3.68. The maximum atomic E-state index is 12.1. The second kappa shape index (κ2) is 6.15. The Balaban J connectivity index is 2.12. The second-order valence-electron chi connectivity index (χ2n) is 4.29. The van der Waals surface area contributed by atoms with E-state index in [9.17, 15) is 4.79 Å². The molecule has 0 fully saturated rings. The van der Waals surface area contributed by atoms with E-state index in [4.69, 9.17) is 0 Å². The lowest BCUT2D eigenvalue weighted by Crippen LogP contribution is -2.16. The molecule has 1 heterocycles. The van der Waals surface area contributed by atoms with Gasteiger partial charge in [-0.3, -0.25) is 9.48 Å². The average Bonchev–Trinajstić information content (AvgIpc) is 2.84. The van der Waals surface area contributed by atoms with Crippen LogP contribution in [0.4, 0.5) is 5.69 Å². The molecule has 2 aromatic rings. The van der Waals surface area contributed by atoms with Crippen LogP contribution in [-0.2, 0) is 13.6 Å². The number of nitrogens with zero attached hydrogens (tertiary/aromatic N) is 2.